The van der Waals surface area contributed by atoms with Crippen molar-refractivity contribution in [3.63, 3.8) is 0 Å². The Morgan fingerprint density at radius 1 is 1.08 bits per heavy atom. The second-order valence-electron chi connectivity index (χ2n) is 8.16. The van der Waals surface area contributed by atoms with Crippen LogP contribution in [0, 0.1) is 0 Å². The summed E-state index contributed by atoms with van der Waals surface area (Å²) in [5, 5.41) is 11.5. The molecule has 1 saturated heterocycles. The van der Waals surface area contributed by atoms with E-state index in [4.69, 9.17) is 32.7 Å². The second-order valence-corrected chi connectivity index (χ2v) is 8.97. The minimum absolute atomic E-state index is 0.0860. The van der Waals surface area contributed by atoms with Crippen molar-refractivity contribution in [3.8, 4) is 11.5 Å². The lowest BCUT2D eigenvalue weighted by Crippen LogP contribution is -2.38. The quantitative estimate of drug-likeness (QED) is 0.164. The minimum Gasteiger partial charge on any atom is -0.507 e. The molecule has 3 rings (SSSR count). The molecule has 0 bridgehead atoms. The molecule has 1 atom stereocenters. The molecule has 8 nitrogen and oxygen atoms in total. The number of carbonyl (C=O) groups excluding carboxylic acids is 3. The third kappa shape index (κ3) is 5.67. The second kappa shape index (κ2) is 11.8. The maximum Gasteiger partial charge on any atom is 0.308 e. The van der Waals surface area contributed by atoms with Crippen LogP contribution >= 0.6 is 23.2 Å². The summed E-state index contributed by atoms with van der Waals surface area (Å²) in [4.78, 5) is 41.2. The van der Waals surface area contributed by atoms with Gasteiger partial charge in [-0.15, -0.1) is 0 Å². The van der Waals surface area contributed by atoms with Gasteiger partial charge in [-0.05, 0) is 42.9 Å². The molecule has 2 aromatic rings. The molecule has 1 aliphatic rings. The van der Waals surface area contributed by atoms with E-state index in [1.165, 1.54) is 31.1 Å². The number of carbonyl (C=O) groups is 3. The maximum absolute atomic E-state index is 13.2. The van der Waals surface area contributed by atoms with Crippen molar-refractivity contribution in [3.05, 3.63) is 63.1 Å². The fourth-order valence-electron chi connectivity index (χ4n) is 4.18. The number of aliphatic hydroxyl groups excluding tert-OH is 1. The van der Waals surface area contributed by atoms with E-state index in [0.717, 1.165) is 13.1 Å². The van der Waals surface area contributed by atoms with Gasteiger partial charge >= 0.3 is 5.97 Å². The Morgan fingerprint density at radius 2 is 1.67 bits per heavy atom. The van der Waals surface area contributed by atoms with Crippen LogP contribution in [0.2, 0.25) is 10.0 Å². The standard InChI is InChI=1S/C26H28Cl2N2O6/c1-5-29(6-2)11-12-30-22(16-7-9-18(10-8-16)36-15(3)31)21(24(33)26(30)34)23(32)17-13-19(27)25(35-4)20(28)14-17/h7-10,13-14,22,32H,5-6,11-12H2,1-4H3/b23-21+. The highest BCUT2D eigenvalue weighted by molar-refractivity contribution is 6.46. The van der Waals surface area contributed by atoms with Crippen molar-refractivity contribution < 1.29 is 29.0 Å². The molecule has 0 saturated carbocycles. The summed E-state index contributed by atoms with van der Waals surface area (Å²) in [5.41, 5.74) is 0.656. The summed E-state index contributed by atoms with van der Waals surface area (Å²) in [6.45, 7) is 7.70. The highest BCUT2D eigenvalue weighted by Crippen LogP contribution is 2.42. The molecule has 192 valence electrons. The van der Waals surface area contributed by atoms with Crippen molar-refractivity contribution in [1.82, 2.24) is 9.80 Å². The van der Waals surface area contributed by atoms with Crippen LogP contribution in [0.4, 0.5) is 0 Å². The van der Waals surface area contributed by atoms with Crippen LogP contribution in [0.3, 0.4) is 0 Å². The van der Waals surface area contributed by atoms with E-state index >= 15 is 0 Å². The van der Waals surface area contributed by atoms with Gasteiger partial charge in [0.25, 0.3) is 11.7 Å². The largest absolute Gasteiger partial charge is 0.507 e. The van der Waals surface area contributed by atoms with Crippen molar-refractivity contribution in [2.45, 2.75) is 26.8 Å². The molecule has 1 aliphatic heterocycles. The molecule has 10 heteroatoms. The first-order valence-electron chi connectivity index (χ1n) is 11.4. The van der Waals surface area contributed by atoms with Gasteiger partial charge in [-0.2, -0.15) is 0 Å². The minimum atomic E-state index is -0.869. The van der Waals surface area contributed by atoms with Crippen molar-refractivity contribution in [2.75, 3.05) is 33.3 Å². The van der Waals surface area contributed by atoms with Gasteiger partial charge in [-0.25, -0.2) is 0 Å². The third-order valence-corrected chi connectivity index (χ3v) is 6.59. The van der Waals surface area contributed by atoms with E-state index in [1.807, 2.05) is 13.8 Å². The Balaban J connectivity index is 2.13. The van der Waals surface area contributed by atoms with Gasteiger partial charge in [0.15, 0.2) is 5.75 Å². The average Bonchev–Trinajstić information content (AvgIpc) is 3.09. The Kier molecular flexibility index (Phi) is 9.00. The summed E-state index contributed by atoms with van der Waals surface area (Å²) in [6.07, 6.45) is 0. The Labute approximate surface area is 220 Å². The first-order valence-corrected chi connectivity index (χ1v) is 12.2. The third-order valence-electron chi connectivity index (χ3n) is 6.02. The molecule has 0 aromatic heterocycles. The molecule has 0 radical (unpaired) electrons. The van der Waals surface area contributed by atoms with Crippen molar-refractivity contribution in [1.29, 1.82) is 0 Å². The summed E-state index contributed by atoms with van der Waals surface area (Å²) >= 11 is 12.5. The van der Waals surface area contributed by atoms with E-state index in [2.05, 4.69) is 4.90 Å². The number of benzene rings is 2. The zero-order valence-corrected chi connectivity index (χ0v) is 22.0. The summed E-state index contributed by atoms with van der Waals surface area (Å²) in [7, 11) is 1.41. The van der Waals surface area contributed by atoms with Crippen LogP contribution in [0.15, 0.2) is 42.0 Å². The zero-order valence-electron chi connectivity index (χ0n) is 20.5. The highest BCUT2D eigenvalue weighted by atomic mass is 35.5. The summed E-state index contributed by atoms with van der Waals surface area (Å²) in [5.74, 6) is -1.86. The van der Waals surface area contributed by atoms with Gasteiger partial charge in [0.1, 0.15) is 11.5 Å². The number of likely N-dealkylation sites (tertiary alicyclic amines) is 1. The normalized spacial score (nSPS) is 17.1. The number of ether oxygens (including phenoxy) is 2. The number of likely N-dealkylation sites (N-methyl/N-ethyl adjacent to an activating group) is 1. The van der Waals surface area contributed by atoms with Gasteiger partial charge in [0, 0.05) is 25.6 Å². The van der Waals surface area contributed by atoms with Crippen LogP contribution in [-0.4, -0.2) is 65.9 Å². The summed E-state index contributed by atoms with van der Waals surface area (Å²) < 4.78 is 10.3. The highest BCUT2D eigenvalue weighted by Gasteiger charge is 2.46. The molecular weight excluding hydrogens is 507 g/mol. The number of methoxy groups -OCH3 is 1. The first-order chi connectivity index (χ1) is 17.1. The van der Waals surface area contributed by atoms with Crippen LogP contribution in [-0.2, 0) is 14.4 Å². The lowest BCUT2D eigenvalue weighted by molar-refractivity contribution is -0.140. The van der Waals surface area contributed by atoms with E-state index in [-0.39, 0.29) is 33.5 Å². The molecule has 0 aliphatic carbocycles. The number of hydrogen-bond donors (Lipinski definition) is 1. The number of rotatable bonds is 9. The topological polar surface area (TPSA) is 96.4 Å². The number of nitrogens with zero attached hydrogens (tertiary/aromatic N) is 2. The summed E-state index contributed by atoms with van der Waals surface area (Å²) in [6, 6.07) is 8.43. The zero-order chi connectivity index (χ0) is 26.6. The van der Waals surface area contributed by atoms with Crippen LogP contribution < -0.4 is 9.47 Å². The number of esters is 1. The van der Waals surface area contributed by atoms with Gasteiger partial charge in [0.05, 0.1) is 28.8 Å². The Hall–Kier alpha value is -3.07. The Bertz CT molecular complexity index is 1170. The molecule has 36 heavy (non-hydrogen) atoms. The number of Topliss-reactive ketones (excluding diaryl/α,β-unsaturated/α-hetero) is 1. The van der Waals surface area contributed by atoms with E-state index in [0.29, 0.717) is 17.9 Å². The maximum atomic E-state index is 13.2. The molecule has 1 fully saturated rings. The van der Waals surface area contributed by atoms with Gasteiger partial charge in [-0.1, -0.05) is 49.2 Å². The fraction of sp³-hybridized carbons (Fsp3) is 0.346. The predicted octanol–water partition coefficient (Wildman–Crippen LogP) is 4.69. The monoisotopic (exact) mass is 534 g/mol. The van der Waals surface area contributed by atoms with Gasteiger partial charge in [-0.3, -0.25) is 14.4 Å². The average molecular weight is 535 g/mol. The van der Waals surface area contributed by atoms with E-state index < -0.39 is 29.5 Å². The molecular formula is C26H28Cl2N2O6. The van der Waals surface area contributed by atoms with Gasteiger partial charge in [0.2, 0.25) is 0 Å². The van der Waals surface area contributed by atoms with Crippen LogP contribution in [0.5, 0.6) is 11.5 Å². The van der Waals surface area contributed by atoms with Gasteiger partial charge < -0.3 is 24.4 Å². The number of hydrogen-bond acceptors (Lipinski definition) is 7. The van der Waals surface area contributed by atoms with E-state index in [1.54, 1.807) is 24.3 Å². The molecule has 0 spiro atoms. The Morgan fingerprint density at radius 3 is 2.17 bits per heavy atom. The van der Waals surface area contributed by atoms with Crippen molar-refractivity contribution in [2.24, 2.45) is 0 Å². The SMILES string of the molecule is CCN(CC)CCN1C(=O)C(=O)/C(=C(/O)c2cc(Cl)c(OC)c(Cl)c2)C1c1ccc(OC(C)=O)cc1. The molecule has 2 aromatic carbocycles. The fourth-order valence-corrected chi connectivity index (χ4v) is 4.82. The van der Waals surface area contributed by atoms with Crippen LogP contribution in [0.25, 0.3) is 5.76 Å². The number of halogens is 2. The number of aliphatic hydroxyl groups is 1. The smallest absolute Gasteiger partial charge is 0.308 e. The lowest BCUT2D eigenvalue weighted by Gasteiger charge is -2.28. The van der Waals surface area contributed by atoms with E-state index in [9.17, 15) is 19.5 Å². The molecule has 1 heterocycles. The predicted molar refractivity (Wildman–Crippen MR) is 138 cm³/mol. The van der Waals surface area contributed by atoms with Crippen molar-refractivity contribution >= 4 is 46.6 Å². The van der Waals surface area contributed by atoms with Crippen LogP contribution in [0.1, 0.15) is 37.9 Å². The molecule has 1 N–H and O–H groups in total. The lowest BCUT2D eigenvalue weighted by atomic mass is 9.95. The first kappa shape index (κ1) is 27.5. The number of amides is 1. The molecule has 1 unspecified atom stereocenters. The molecule has 1 amide bonds. The number of ketones is 1.